The Morgan fingerprint density at radius 1 is 1.04 bits per heavy atom. The van der Waals surface area contributed by atoms with Crippen LogP contribution in [0.5, 0.6) is 0 Å². The molecule has 0 heterocycles. The van der Waals surface area contributed by atoms with Crippen LogP contribution in [0.15, 0.2) is 47.4 Å². The number of hydrogen-bond acceptors (Lipinski definition) is 4. The number of Topliss-reactive ketones (excluding diaryl/α,β-unsaturated/α-hetero) is 1. The molecule has 2 aromatic carbocycles. The third-order valence-electron chi connectivity index (χ3n) is 3.71. The molecule has 2 N–H and O–H groups in total. The Kier molecular flexibility index (Phi) is 7.55. The molecule has 0 saturated carbocycles. The average molecular weight is 388 g/mol. The molecule has 0 aliphatic heterocycles. The number of nitrogens with one attached hydrogen (secondary N) is 2. The maximum Gasteiger partial charge on any atom is 0.251 e. The van der Waals surface area contributed by atoms with E-state index in [1.165, 1.54) is 19.1 Å². The van der Waals surface area contributed by atoms with Crippen LogP contribution in [0.4, 0.5) is 4.39 Å². The van der Waals surface area contributed by atoms with E-state index in [9.17, 15) is 18.8 Å². The molecule has 0 atom stereocenters. The van der Waals surface area contributed by atoms with Crippen LogP contribution >= 0.6 is 11.8 Å². The maximum atomic E-state index is 14.0. The molecule has 7 heteroatoms. The van der Waals surface area contributed by atoms with Crippen molar-refractivity contribution in [3.8, 4) is 0 Å². The summed E-state index contributed by atoms with van der Waals surface area (Å²) in [5.41, 5.74) is 1.63. The average Bonchev–Trinajstić information content (AvgIpc) is 2.65. The third-order valence-corrected chi connectivity index (χ3v) is 4.76. The molecule has 0 aromatic heterocycles. The van der Waals surface area contributed by atoms with Crippen LogP contribution in [-0.2, 0) is 11.3 Å². The Morgan fingerprint density at radius 3 is 2.48 bits per heavy atom. The highest BCUT2D eigenvalue weighted by atomic mass is 32.2. The van der Waals surface area contributed by atoms with Crippen LogP contribution in [0.2, 0.25) is 0 Å². The smallest absolute Gasteiger partial charge is 0.251 e. The zero-order valence-electron chi connectivity index (χ0n) is 15.2. The van der Waals surface area contributed by atoms with Crippen molar-refractivity contribution < 1.29 is 18.8 Å². The molecule has 0 radical (unpaired) electrons. The number of carbonyl (C=O) groups is 3. The van der Waals surface area contributed by atoms with Crippen LogP contribution < -0.4 is 10.6 Å². The van der Waals surface area contributed by atoms with E-state index in [1.54, 1.807) is 24.3 Å². The second kappa shape index (κ2) is 9.87. The van der Waals surface area contributed by atoms with Gasteiger partial charge >= 0.3 is 0 Å². The molecular formula is C20H21FN2O3S. The lowest BCUT2D eigenvalue weighted by Gasteiger charge is -2.08. The van der Waals surface area contributed by atoms with Gasteiger partial charge in [0.05, 0.1) is 5.75 Å². The summed E-state index contributed by atoms with van der Waals surface area (Å²) in [5, 5.41) is 5.47. The van der Waals surface area contributed by atoms with Crippen molar-refractivity contribution in [3.05, 3.63) is 65.0 Å². The van der Waals surface area contributed by atoms with Crippen molar-refractivity contribution in [2.24, 2.45) is 0 Å². The zero-order chi connectivity index (χ0) is 19.8. The standard InChI is InChI=1S/C20H21FN2O3S/c1-3-22-20(26)16-6-4-5-14(9-16)11-23-19(25)12-27-18-8-7-15(13(2)24)10-17(18)21/h4-10H,3,11-12H2,1-2H3,(H,22,26)(H,23,25). The number of halogens is 1. The van der Waals surface area contributed by atoms with Gasteiger partial charge in [0.15, 0.2) is 5.78 Å². The van der Waals surface area contributed by atoms with Gasteiger partial charge in [-0.1, -0.05) is 18.2 Å². The number of carbonyl (C=O) groups excluding carboxylic acids is 3. The first-order valence-electron chi connectivity index (χ1n) is 8.47. The van der Waals surface area contributed by atoms with Crippen LogP contribution in [-0.4, -0.2) is 29.9 Å². The first kappa shape index (κ1) is 20.6. The number of ketones is 1. The van der Waals surface area contributed by atoms with Crippen molar-refractivity contribution >= 4 is 29.4 Å². The summed E-state index contributed by atoms with van der Waals surface area (Å²) in [5.74, 6) is -1.09. The SMILES string of the molecule is CCNC(=O)c1cccc(CNC(=O)CSc2ccc(C(C)=O)cc2F)c1. The van der Waals surface area contributed by atoms with Gasteiger partial charge in [-0.3, -0.25) is 14.4 Å². The number of thioether (sulfide) groups is 1. The lowest BCUT2D eigenvalue weighted by Crippen LogP contribution is -2.25. The highest BCUT2D eigenvalue weighted by Crippen LogP contribution is 2.22. The fourth-order valence-electron chi connectivity index (χ4n) is 2.32. The molecule has 0 saturated heterocycles. The van der Waals surface area contributed by atoms with Crippen LogP contribution in [0.25, 0.3) is 0 Å². The second-order valence-corrected chi connectivity index (χ2v) is 6.84. The Hall–Kier alpha value is -2.67. The van der Waals surface area contributed by atoms with Gasteiger partial charge in [0, 0.05) is 29.1 Å². The fraction of sp³-hybridized carbons (Fsp3) is 0.250. The summed E-state index contributed by atoms with van der Waals surface area (Å²) in [6.45, 7) is 4.03. The Labute approximate surface area is 161 Å². The van der Waals surface area contributed by atoms with Gasteiger partial charge in [-0.05, 0) is 43.7 Å². The summed E-state index contributed by atoms with van der Waals surface area (Å²) in [4.78, 5) is 35.4. The van der Waals surface area contributed by atoms with E-state index in [0.717, 1.165) is 17.3 Å². The van der Waals surface area contributed by atoms with Gasteiger partial charge < -0.3 is 10.6 Å². The number of rotatable bonds is 8. The monoisotopic (exact) mass is 388 g/mol. The highest BCUT2D eigenvalue weighted by Gasteiger charge is 2.10. The lowest BCUT2D eigenvalue weighted by molar-refractivity contribution is -0.118. The van der Waals surface area contributed by atoms with Crippen LogP contribution in [0.3, 0.4) is 0 Å². The van der Waals surface area contributed by atoms with Gasteiger partial charge in [0.25, 0.3) is 5.91 Å². The van der Waals surface area contributed by atoms with Crippen molar-refractivity contribution in [3.63, 3.8) is 0 Å². The van der Waals surface area contributed by atoms with Crippen LogP contribution in [0, 0.1) is 5.82 Å². The van der Waals surface area contributed by atoms with E-state index < -0.39 is 5.82 Å². The van der Waals surface area contributed by atoms with Gasteiger partial charge in [-0.25, -0.2) is 4.39 Å². The first-order valence-corrected chi connectivity index (χ1v) is 9.46. The Morgan fingerprint density at radius 2 is 1.81 bits per heavy atom. The second-order valence-electron chi connectivity index (χ2n) is 5.83. The van der Waals surface area contributed by atoms with E-state index in [4.69, 9.17) is 0 Å². The maximum absolute atomic E-state index is 14.0. The first-order chi connectivity index (χ1) is 12.9. The van der Waals surface area contributed by atoms with Crippen molar-refractivity contribution in [1.29, 1.82) is 0 Å². The zero-order valence-corrected chi connectivity index (χ0v) is 16.0. The van der Waals surface area contributed by atoms with Crippen molar-refractivity contribution in [1.82, 2.24) is 10.6 Å². The predicted octanol–water partition coefficient (Wildman–Crippen LogP) is 3.19. The minimum absolute atomic E-state index is 0.0480. The van der Waals surface area contributed by atoms with E-state index in [1.807, 2.05) is 13.0 Å². The predicted molar refractivity (Wildman–Crippen MR) is 103 cm³/mol. The Bertz CT molecular complexity index is 855. The summed E-state index contributed by atoms with van der Waals surface area (Å²) in [7, 11) is 0. The minimum atomic E-state index is -0.518. The molecule has 0 spiro atoms. The number of hydrogen-bond donors (Lipinski definition) is 2. The molecule has 0 bridgehead atoms. The van der Waals surface area contributed by atoms with Gasteiger partial charge in [0.1, 0.15) is 5.82 Å². The summed E-state index contributed by atoms with van der Waals surface area (Å²) in [6, 6.07) is 11.2. The largest absolute Gasteiger partial charge is 0.352 e. The molecule has 142 valence electrons. The third kappa shape index (κ3) is 6.21. The minimum Gasteiger partial charge on any atom is -0.352 e. The Balaban J connectivity index is 1.87. The summed E-state index contributed by atoms with van der Waals surface area (Å²) in [6.07, 6.45) is 0. The van der Waals surface area contributed by atoms with Gasteiger partial charge in [-0.2, -0.15) is 0 Å². The number of benzene rings is 2. The topological polar surface area (TPSA) is 75.3 Å². The molecule has 0 fully saturated rings. The van der Waals surface area contributed by atoms with E-state index in [0.29, 0.717) is 22.6 Å². The highest BCUT2D eigenvalue weighted by molar-refractivity contribution is 8.00. The number of amides is 2. The van der Waals surface area contributed by atoms with E-state index >= 15 is 0 Å². The van der Waals surface area contributed by atoms with Gasteiger partial charge in [0.2, 0.25) is 5.91 Å². The quantitative estimate of drug-likeness (QED) is 0.538. The molecular weight excluding hydrogens is 367 g/mol. The lowest BCUT2D eigenvalue weighted by atomic mass is 10.1. The molecule has 5 nitrogen and oxygen atoms in total. The molecule has 2 amide bonds. The normalized spacial score (nSPS) is 10.3. The summed E-state index contributed by atoms with van der Waals surface area (Å²) < 4.78 is 14.0. The molecule has 2 aromatic rings. The molecule has 27 heavy (non-hydrogen) atoms. The fourth-order valence-corrected chi connectivity index (χ4v) is 3.07. The van der Waals surface area contributed by atoms with E-state index in [2.05, 4.69) is 10.6 Å². The molecule has 0 aliphatic rings. The van der Waals surface area contributed by atoms with Crippen molar-refractivity contribution in [2.45, 2.75) is 25.3 Å². The van der Waals surface area contributed by atoms with E-state index in [-0.39, 0.29) is 29.9 Å². The molecule has 0 aliphatic carbocycles. The van der Waals surface area contributed by atoms with Crippen molar-refractivity contribution in [2.75, 3.05) is 12.3 Å². The summed E-state index contributed by atoms with van der Waals surface area (Å²) >= 11 is 1.06. The molecule has 0 unspecified atom stereocenters. The van der Waals surface area contributed by atoms with Crippen LogP contribution in [0.1, 0.15) is 40.1 Å². The van der Waals surface area contributed by atoms with Gasteiger partial charge in [-0.15, -0.1) is 11.8 Å². The molecule has 2 rings (SSSR count).